The molecule has 1 aromatic rings. The fraction of sp³-hybridized carbons (Fsp3) is 0.522. The Morgan fingerprint density at radius 1 is 1.32 bits per heavy atom. The SMILES string of the molecule is COC1CC(c2ccc(F)c(C)c2)=C(/C=C/[C@@H]2C[C@@H](O)CC(=O)O2)C(C)(C)C1. The maximum Gasteiger partial charge on any atom is 0.309 e. The standard InChI is InChI=1S/C23H29FO4/c1-14-9-15(5-8-21(14)24)19-12-18(27-4)13-23(2,3)20(19)7-6-17-10-16(25)11-22(26)28-17/h5-9,16-18,25H,10-13H2,1-4H3/b7-6+/t16-,17-,18?/m1/s1. The molecule has 1 heterocycles. The molecule has 3 atom stereocenters. The number of ether oxygens (including phenoxy) is 2. The molecule has 0 spiro atoms. The minimum absolute atomic E-state index is 0.0498. The lowest BCUT2D eigenvalue weighted by molar-refractivity contribution is -0.156. The summed E-state index contributed by atoms with van der Waals surface area (Å²) in [5.74, 6) is -0.595. The molecule has 1 aromatic carbocycles. The molecule has 2 aliphatic rings. The molecule has 0 saturated carbocycles. The van der Waals surface area contributed by atoms with Gasteiger partial charge in [0.25, 0.3) is 0 Å². The maximum atomic E-state index is 13.8. The Morgan fingerprint density at radius 3 is 2.71 bits per heavy atom. The Bertz CT molecular complexity index is 809. The average molecular weight is 388 g/mol. The number of esters is 1. The van der Waals surface area contributed by atoms with E-state index in [4.69, 9.17) is 9.47 Å². The summed E-state index contributed by atoms with van der Waals surface area (Å²) in [5, 5.41) is 9.84. The van der Waals surface area contributed by atoms with Crippen molar-refractivity contribution in [2.45, 2.75) is 64.8 Å². The van der Waals surface area contributed by atoms with Crippen LogP contribution in [0.4, 0.5) is 4.39 Å². The van der Waals surface area contributed by atoms with Gasteiger partial charge in [0.1, 0.15) is 11.9 Å². The Morgan fingerprint density at radius 2 is 2.07 bits per heavy atom. The van der Waals surface area contributed by atoms with Crippen LogP contribution in [0.3, 0.4) is 0 Å². The monoisotopic (exact) mass is 388 g/mol. The lowest BCUT2D eigenvalue weighted by atomic mass is 9.69. The summed E-state index contributed by atoms with van der Waals surface area (Å²) >= 11 is 0. The highest BCUT2D eigenvalue weighted by Crippen LogP contribution is 2.45. The van der Waals surface area contributed by atoms with Gasteiger partial charge in [-0.2, -0.15) is 0 Å². The van der Waals surface area contributed by atoms with Gasteiger partial charge in [-0.3, -0.25) is 4.79 Å². The molecule has 5 heteroatoms. The van der Waals surface area contributed by atoms with Crippen molar-refractivity contribution >= 4 is 11.5 Å². The normalized spacial score (nSPS) is 27.9. The number of aliphatic hydroxyl groups is 1. The number of carbonyl (C=O) groups is 1. The second-order valence-electron chi connectivity index (χ2n) is 8.49. The van der Waals surface area contributed by atoms with Gasteiger partial charge in [0.2, 0.25) is 0 Å². The third-order valence-electron chi connectivity index (χ3n) is 5.73. The topological polar surface area (TPSA) is 55.8 Å². The molecule has 3 rings (SSSR count). The molecule has 1 saturated heterocycles. The van der Waals surface area contributed by atoms with Gasteiger partial charge < -0.3 is 14.6 Å². The van der Waals surface area contributed by atoms with E-state index >= 15 is 0 Å². The van der Waals surface area contributed by atoms with Gasteiger partial charge in [0.05, 0.1) is 18.6 Å². The fourth-order valence-electron chi connectivity index (χ4n) is 4.23. The number of hydrogen-bond donors (Lipinski definition) is 1. The van der Waals surface area contributed by atoms with Crippen molar-refractivity contribution in [2.75, 3.05) is 7.11 Å². The van der Waals surface area contributed by atoms with Gasteiger partial charge in [-0.25, -0.2) is 4.39 Å². The smallest absolute Gasteiger partial charge is 0.309 e. The summed E-state index contributed by atoms with van der Waals surface area (Å²) in [6, 6.07) is 5.18. The van der Waals surface area contributed by atoms with E-state index in [1.165, 1.54) is 6.07 Å². The molecule has 0 aromatic heterocycles. The lowest BCUT2D eigenvalue weighted by Crippen LogP contribution is -2.32. The predicted molar refractivity (Wildman–Crippen MR) is 106 cm³/mol. The number of benzene rings is 1. The summed E-state index contributed by atoms with van der Waals surface area (Å²) in [4.78, 5) is 11.6. The molecule has 1 aliphatic carbocycles. The highest BCUT2D eigenvalue weighted by atomic mass is 19.1. The summed E-state index contributed by atoms with van der Waals surface area (Å²) in [6.07, 6.45) is 4.91. The molecule has 1 fully saturated rings. The number of cyclic esters (lactones) is 1. The van der Waals surface area contributed by atoms with Gasteiger partial charge in [0.15, 0.2) is 0 Å². The van der Waals surface area contributed by atoms with E-state index < -0.39 is 12.2 Å². The van der Waals surface area contributed by atoms with Crippen molar-refractivity contribution in [1.29, 1.82) is 0 Å². The largest absolute Gasteiger partial charge is 0.458 e. The maximum absolute atomic E-state index is 13.8. The summed E-state index contributed by atoms with van der Waals surface area (Å²) in [7, 11) is 1.72. The number of halogens is 1. The first-order valence-electron chi connectivity index (χ1n) is 9.78. The second kappa shape index (κ2) is 8.18. The van der Waals surface area contributed by atoms with Crippen LogP contribution in [-0.4, -0.2) is 36.5 Å². The first-order chi connectivity index (χ1) is 13.2. The van der Waals surface area contributed by atoms with E-state index in [-0.39, 0.29) is 29.7 Å². The molecule has 152 valence electrons. The number of methoxy groups -OCH3 is 1. The van der Waals surface area contributed by atoms with Crippen LogP contribution >= 0.6 is 0 Å². The van der Waals surface area contributed by atoms with Crippen LogP contribution in [0.5, 0.6) is 0 Å². The van der Waals surface area contributed by atoms with Crippen molar-refractivity contribution in [1.82, 2.24) is 0 Å². The number of aryl methyl sites for hydroxylation is 1. The molecule has 1 N–H and O–H groups in total. The first kappa shape index (κ1) is 20.7. The zero-order valence-electron chi connectivity index (χ0n) is 17.0. The van der Waals surface area contributed by atoms with Crippen molar-refractivity contribution in [2.24, 2.45) is 5.41 Å². The third kappa shape index (κ3) is 4.53. The van der Waals surface area contributed by atoms with Crippen molar-refractivity contribution < 1.29 is 23.8 Å². The molecule has 4 nitrogen and oxygen atoms in total. The lowest BCUT2D eigenvalue weighted by Gasteiger charge is -2.38. The summed E-state index contributed by atoms with van der Waals surface area (Å²) in [6.45, 7) is 6.09. The van der Waals surface area contributed by atoms with Gasteiger partial charge in [-0.1, -0.05) is 26.0 Å². The van der Waals surface area contributed by atoms with Crippen LogP contribution in [0.2, 0.25) is 0 Å². The van der Waals surface area contributed by atoms with Gasteiger partial charge in [0, 0.05) is 13.5 Å². The predicted octanol–water partition coefficient (Wildman–Crippen LogP) is 4.35. The quantitative estimate of drug-likeness (QED) is 0.780. The molecule has 1 unspecified atom stereocenters. The molecule has 0 amide bonds. The minimum atomic E-state index is -0.665. The van der Waals surface area contributed by atoms with Gasteiger partial charge in [-0.15, -0.1) is 0 Å². The van der Waals surface area contributed by atoms with E-state index in [0.717, 1.165) is 29.6 Å². The molecular weight excluding hydrogens is 359 g/mol. The number of allylic oxidation sites excluding steroid dienone is 2. The highest BCUT2D eigenvalue weighted by molar-refractivity contribution is 5.74. The number of carbonyl (C=O) groups excluding carboxylic acids is 1. The zero-order valence-corrected chi connectivity index (χ0v) is 17.0. The second-order valence-corrected chi connectivity index (χ2v) is 8.49. The molecule has 0 radical (unpaired) electrons. The van der Waals surface area contributed by atoms with E-state index in [2.05, 4.69) is 13.8 Å². The Labute approximate surface area is 166 Å². The van der Waals surface area contributed by atoms with Gasteiger partial charge >= 0.3 is 5.97 Å². The van der Waals surface area contributed by atoms with Crippen molar-refractivity contribution in [3.63, 3.8) is 0 Å². The zero-order chi connectivity index (χ0) is 20.5. The van der Waals surface area contributed by atoms with Crippen LogP contribution < -0.4 is 0 Å². The first-order valence-corrected chi connectivity index (χ1v) is 9.78. The summed E-state index contributed by atoms with van der Waals surface area (Å²) < 4.78 is 24.8. The van der Waals surface area contributed by atoms with Crippen LogP contribution in [-0.2, 0) is 14.3 Å². The Kier molecular flexibility index (Phi) is 6.06. The van der Waals surface area contributed by atoms with Crippen LogP contribution in [0.25, 0.3) is 5.57 Å². The van der Waals surface area contributed by atoms with E-state index in [0.29, 0.717) is 12.0 Å². The van der Waals surface area contributed by atoms with Gasteiger partial charge in [-0.05, 0) is 65.7 Å². The molecular formula is C23H29FO4. The Balaban J connectivity index is 2.01. The number of aliphatic hydroxyl groups excluding tert-OH is 1. The van der Waals surface area contributed by atoms with Crippen LogP contribution in [0.1, 0.15) is 50.7 Å². The highest BCUT2D eigenvalue weighted by Gasteiger charge is 2.35. The fourth-order valence-corrected chi connectivity index (χ4v) is 4.23. The van der Waals surface area contributed by atoms with Crippen LogP contribution in [0, 0.1) is 18.2 Å². The van der Waals surface area contributed by atoms with E-state index in [9.17, 15) is 14.3 Å². The number of hydrogen-bond acceptors (Lipinski definition) is 4. The minimum Gasteiger partial charge on any atom is -0.458 e. The molecule has 28 heavy (non-hydrogen) atoms. The van der Waals surface area contributed by atoms with Crippen LogP contribution in [0.15, 0.2) is 35.9 Å². The van der Waals surface area contributed by atoms with Crippen molar-refractivity contribution in [3.8, 4) is 0 Å². The summed E-state index contributed by atoms with van der Waals surface area (Å²) in [5.41, 5.74) is 3.67. The third-order valence-corrected chi connectivity index (χ3v) is 5.73. The van der Waals surface area contributed by atoms with E-state index in [1.54, 1.807) is 14.0 Å². The average Bonchev–Trinajstić information content (AvgIpc) is 2.61. The molecule has 1 aliphatic heterocycles. The number of rotatable bonds is 4. The van der Waals surface area contributed by atoms with Crippen molar-refractivity contribution in [3.05, 3.63) is 52.9 Å². The van der Waals surface area contributed by atoms with E-state index in [1.807, 2.05) is 24.3 Å². The Hall–Kier alpha value is -1.98. The molecule has 0 bridgehead atoms.